The van der Waals surface area contributed by atoms with Crippen LogP contribution in [0.25, 0.3) is 0 Å². The first-order valence-corrected chi connectivity index (χ1v) is 7.27. The van der Waals surface area contributed by atoms with Crippen LogP contribution in [0, 0.1) is 0 Å². The van der Waals surface area contributed by atoms with E-state index in [2.05, 4.69) is 10.1 Å². The minimum atomic E-state index is -0.358. The lowest BCUT2D eigenvalue weighted by Gasteiger charge is -2.06. The summed E-state index contributed by atoms with van der Waals surface area (Å²) >= 11 is 0. The summed E-state index contributed by atoms with van der Waals surface area (Å²) < 4.78 is 6.79. The number of rotatable bonds is 5. The maximum absolute atomic E-state index is 12.1. The van der Waals surface area contributed by atoms with Crippen molar-refractivity contribution in [3.05, 3.63) is 71.8 Å². The Bertz CT molecular complexity index is 705. The quantitative estimate of drug-likeness (QED) is 0.796. The smallest absolute Gasteiger partial charge is 0.356 e. The molecule has 0 amide bonds. The molecule has 0 atom stereocenters. The van der Waals surface area contributed by atoms with Crippen molar-refractivity contribution in [3.8, 4) is 0 Å². The van der Waals surface area contributed by atoms with Crippen LogP contribution in [0.2, 0.25) is 0 Å². The van der Waals surface area contributed by atoms with Gasteiger partial charge in [0.25, 0.3) is 0 Å². The van der Waals surface area contributed by atoms with Crippen LogP contribution in [-0.4, -0.2) is 27.3 Å². The molecular weight excluding hydrogens is 278 g/mol. The molecule has 3 rings (SSSR count). The largest absolute Gasteiger partial charge is 0.461 e. The minimum absolute atomic E-state index is 0.109. The molecule has 0 spiro atoms. The van der Waals surface area contributed by atoms with Crippen molar-refractivity contribution in [2.75, 3.05) is 6.61 Å². The normalized spacial score (nSPS) is 13.7. The first-order valence-electron chi connectivity index (χ1n) is 7.27. The third kappa shape index (κ3) is 2.98. The second-order valence-corrected chi connectivity index (χ2v) is 4.95. The first kappa shape index (κ1) is 14.3. The summed E-state index contributed by atoms with van der Waals surface area (Å²) in [7, 11) is 0. The average Bonchev–Trinajstić information content (AvgIpc) is 3.17. The van der Waals surface area contributed by atoms with Crippen LogP contribution in [-0.2, 0) is 11.3 Å². The molecule has 0 bridgehead atoms. The first-order chi connectivity index (χ1) is 10.8. The summed E-state index contributed by atoms with van der Waals surface area (Å²) in [5.74, 6) is -0.249. The van der Waals surface area contributed by atoms with E-state index in [1.54, 1.807) is 23.9 Å². The number of aromatic nitrogens is 3. The Balaban J connectivity index is 1.93. The lowest BCUT2D eigenvalue weighted by Crippen LogP contribution is -2.14. The summed E-state index contributed by atoms with van der Waals surface area (Å²) in [4.78, 5) is 16.4. The number of pyridine rings is 1. The van der Waals surface area contributed by atoms with Crippen molar-refractivity contribution >= 4 is 5.97 Å². The van der Waals surface area contributed by atoms with Crippen LogP contribution >= 0.6 is 0 Å². The van der Waals surface area contributed by atoms with E-state index in [0.29, 0.717) is 18.8 Å². The van der Waals surface area contributed by atoms with Gasteiger partial charge in [-0.05, 0) is 25.1 Å². The number of ether oxygens (including phenoxy) is 1. The number of nitrogens with zero attached hydrogens (tertiary/aromatic N) is 3. The van der Waals surface area contributed by atoms with Gasteiger partial charge in [-0.1, -0.05) is 30.4 Å². The second-order valence-electron chi connectivity index (χ2n) is 4.95. The van der Waals surface area contributed by atoms with Crippen LogP contribution in [0.1, 0.15) is 34.7 Å². The van der Waals surface area contributed by atoms with Crippen molar-refractivity contribution < 1.29 is 9.53 Å². The van der Waals surface area contributed by atoms with Gasteiger partial charge in [-0.2, -0.15) is 5.10 Å². The van der Waals surface area contributed by atoms with E-state index >= 15 is 0 Å². The predicted molar refractivity (Wildman–Crippen MR) is 82.5 cm³/mol. The van der Waals surface area contributed by atoms with E-state index in [0.717, 1.165) is 11.4 Å². The molecule has 0 aromatic carbocycles. The summed E-state index contributed by atoms with van der Waals surface area (Å²) in [5.41, 5.74) is 2.14. The molecule has 0 saturated carbocycles. The fourth-order valence-corrected chi connectivity index (χ4v) is 2.36. The van der Waals surface area contributed by atoms with E-state index in [-0.39, 0.29) is 11.9 Å². The van der Waals surface area contributed by atoms with Gasteiger partial charge in [0.2, 0.25) is 0 Å². The number of allylic oxidation sites excluding steroid dienone is 4. The predicted octanol–water partition coefficient (Wildman–Crippen LogP) is 2.71. The van der Waals surface area contributed by atoms with Gasteiger partial charge in [0.15, 0.2) is 0 Å². The average molecular weight is 295 g/mol. The highest BCUT2D eigenvalue weighted by atomic mass is 16.5. The molecule has 0 N–H and O–H groups in total. The molecule has 2 aromatic rings. The number of carbonyl (C=O) groups excluding carboxylic acids is 1. The molecule has 2 heterocycles. The minimum Gasteiger partial charge on any atom is -0.461 e. The lowest BCUT2D eigenvalue weighted by molar-refractivity contribution is 0.0512. The van der Waals surface area contributed by atoms with Crippen molar-refractivity contribution in [1.82, 2.24) is 14.8 Å². The Kier molecular flexibility index (Phi) is 4.14. The molecule has 0 fully saturated rings. The molecule has 5 nitrogen and oxygen atoms in total. The van der Waals surface area contributed by atoms with Crippen LogP contribution < -0.4 is 0 Å². The van der Waals surface area contributed by atoms with Gasteiger partial charge >= 0.3 is 5.97 Å². The van der Waals surface area contributed by atoms with E-state index in [1.165, 1.54) is 0 Å². The summed E-state index contributed by atoms with van der Waals surface area (Å²) in [5, 5.41) is 4.56. The monoisotopic (exact) mass is 295 g/mol. The number of hydrogen-bond donors (Lipinski definition) is 0. The molecule has 0 unspecified atom stereocenters. The molecular formula is C17H17N3O2. The third-order valence-electron chi connectivity index (χ3n) is 3.41. The molecule has 0 saturated heterocycles. The Hall–Kier alpha value is -2.69. The van der Waals surface area contributed by atoms with Crippen molar-refractivity contribution in [1.29, 1.82) is 0 Å². The maximum atomic E-state index is 12.1. The lowest BCUT2D eigenvalue weighted by atomic mass is 10.1. The van der Waals surface area contributed by atoms with Gasteiger partial charge in [0, 0.05) is 12.1 Å². The van der Waals surface area contributed by atoms with E-state index in [1.807, 2.05) is 42.5 Å². The summed E-state index contributed by atoms with van der Waals surface area (Å²) in [6.45, 7) is 2.57. The van der Waals surface area contributed by atoms with E-state index in [4.69, 9.17) is 4.74 Å². The standard InChI is InChI=1S/C17H17N3O2/c1-2-22-17(21)16-11-15(13-7-3-4-8-13)19-20(16)12-14-9-5-6-10-18-14/h3-11,13H,2,12H2,1H3. The zero-order valence-corrected chi connectivity index (χ0v) is 12.3. The molecule has 1 aliphatic rings. The van der Waals surface area contributed by atoms with Gasteiger partial charge < -0.3 is 4.74 Å². The fraction of sp³-hybridized carbons (Fsp3) is 0.235. The van der Waals surface area contributed by atoms with E-state index < -0.39 is 0 Å². The number of esters is 1. The highest BCUT2D eigenvalue weighted by Gasteiger charge is 2.20. The van der Waals surface area contributed by atoms with Crippen molar-refractivity contribution in [3.63, 3.8) is 0 Å². The molecule has 112 valence electrons. The Morgan fingerprint density at radius 1 is 1.32 bits per heavy atom. The van der Waals surface area contributed by atoms with Crippen LogP contribution in [0.4, 0.5) is 0 Å². The van der Waals surface area contributed by atoms with Crippen LogP contribution in [0.15, 0.2) is 54.8 Å². The molecule has 1 aliphatic carbocycles. The van der Waals surface area contributed by atoms with Crippen LogP contribution in [0.3, 0.4) is 0 Å². The SMILES string of the molecule is CCOC(=O)c1cc(C2C=CC=C2)nn1Cc1ccccn1. The van der Waals surface area contributed by atoms with Crippen molar-refractivity contribution in [2.24, 2.45) is 0 Å². The Labute approximate surface area is 128 Å². The Morgan fingerprint density at radius 3 is 2.82 bits per heavy atom. The van der Waals surface area contributed by atoms with Gasteiger partial charge in [-0.15, -0.1) is 0 Å². The molecule has 5 heteroatoms. The molecule has 2 aromatic heterocycles. The molecule has 22 heavy (non-hydrogen) atoms. The maximum Gasteiger partial charge on any atom is 0.356 e. The second kappa shape index (κ2) is 6.39. The topological polar surface area (TPSA) is 57.0 Å². The zero-order chi connectivity index (χ0) is 15.4. The summed E-state index contributed by atoms with van der Waals surface area (Å²) in [6.07, 6.45) is 9.77. The Morgan fingerprint density at radius 2 is 2.14 bits per heavy atom. The zero-order valence-electron chi connectivity index (χ0n) is 12.3. The highest BCUT2D eigenvalue weighted by molar-refractivity contribution is 5.87. The third-order valence-corrected chi connectivity index (χ3v) is 3.41. The molecule has 0 radical (unpaired) electrons. The fourth-order valence-electron chi connectivity index (χ4n) is 2.36. The van der Waals surface area contributed by atoms with Gasteiger partial charge in [-0.3, -0.25) is 9.67 Å². The highest BCUT2D eigenvalue weighted by Crippen LogP contribution is 2.23. The molecule has 0 aliphatic heterocycles. The number of hydrogen-bond acceptors (Lipinski definition) is 4. The van der Waals surface area contributed by atoms with Crippen molar-refractivity contribution in [2.45, 2.75) is 19.4 Å². The van der Waals surface area contributed by atoms with Gasteiger partial charge in [-0.25, -0.2) is 4.79 Å². The van der Waals surface area contributed by atoms with Gasteiger partial charge in [0.05, 0.1) is 24.5 Å². The van der Waals surface area contributed by atoms with E-state index in [9.17, 15) is 4.79 Å². The van der Waals surface area contributed by atoms with Gasteiger partial charge in [0.1, 0.15) is 5.69 Å². The number of carbonyl (C=O) groups is 1. The summed E-state index contributed by atoms with van der Waals surface area (Å²) in [6, 6.07) is 7.48. The van der Waals surface area contributed by atoms with Crippen LogP contribution in [0.5, 0.6) is 0 Å².